The van der Waals surface area contributed by atoms with Gasteiger partial charge in [-0.1, -0.05) is 18.6 Å². The molecule has 1 aromatic rings. The minimum absolute atomic E-state index is 0. The first-order valence-electron chi connectivity index (χ1n) is 5.21. The van der Waals surface area contributed by atoms with Crippen LogP contribution >= 0.6 is 12.4 Å². The van der Waals surface area contributed by atoms with Crippen molar-refractivity contribution in [2.45, 2.75) is 25.3 Å². The summed E-state index contributed by atoms with van der Waals surface area (Å²) in [6.45, 7) is 0. The van der Waals surface area contributed by atoms with Crippen LogP contribution in [0.15, 0.2) is 18.2 Å². The first-order chi connectivity index (χ1) is 7.24. The van der Waals surface area contributed by atoms with Gasteiger partial charge in [0.05, 0.1) is 5.56 Å². The number of phenolic OH excluding ortho intramolecular Hbond substituents is 1. The summed E-state index contributed by atoms with van der Waals surface area (Å²) in [4.78, 5) is 0. The molecule has 0 heterocycles. The van der Waals surface area contributed by atoms with Crippen molar-refractivity contribution in [2.24, 2.45) is 11.7 Å². The number of para-hydroxylation sites is 1. The van der Waals surface area contributed by atoms with Crippen molar-refractivity contribution in [1.82, 2.24) is 0 Å². The van der Waals surface area contributed by atoms with E-state index in [1.165, 1.54) is 6.42 Å². The summed E-state index contributed by atoms with van der Waals surface area (Å²) in [6.07, 6.45) is 3.46. The van der Waals surface area contributed by atoms with Crippen molar-refractivity contribution in [3.63, 3.8) is 0 Å². The Morgan fingerprint density at radius 3 is 2.62 bits per heavy atom. The smallest absolute Gasteiger partial charge is 0.138 e. The summed E-state index contributed by atoms with van der Waals surface area (Å²) >= 11 is 0. The molecule has 0 aromatic heterocycles. The minimum atomic E-state index is -0.132. The van der Waals surface area contributed by atoms with E-state index in [0.717, 1.165) is 12.8 Å². The first-order valence-corrected chi connectivity index (χ1v) is 5.21. The highest BCUT2D eigenvalue weighted by Crippen LogP contribution is 2.39. The van der Waals surface area contributed by atoms with Gasteiger partial charge < -0.3 is 10.8 Å². The number of phenols is 1. The standard InChI is InChI=1S/C12H14N2O.ClH/c13-7-9-5-2-6-10(12(9)15)11(14)8-3-1-4-8;/h2,5-6,8,11,15H,1,3-4,14H2;1H/t11-;/m1./s1. The summed E-state index contributed by atoms with van der Waals surface area (Å²) in [7, 11) is 0. The van der Waals surface area contributed by atoms with Crippen LogP contribution in [0.4, 0.5) is 0 Å². The lowest BCUT2D eigenvalue weighted by atomic mass is 9.77. The second kappa shape index (κ2) is 5.20. The molecule has 2 rings (SSSR count). The highest BCUT2D eigenvalue weighted by molar-refractivity contribution is 5.85. The molecule has 0 amide bonds. The van der Waals surface area contributed by atoms with E-state index < -0.39 is 0 Å². The largest absolute Gasteiger partial charge is 0.506 e. The summed E-state index contributed by atoms with van der Waals surface area (Å²) in [5, 5.41) is 18.6. The van der Waals surface area contributed by atoms with Gasteiger partial charge in [-0.2, -0.15) is 5.26 Å². The van der Waals surface area contributed by atoms with Crippen molar-refractivity contribution in [1.29, 1.82) is 5.26 Å². The van der Waals surface area contributed by atoms with Crippen LogP contribution in [0, 0.1) is 17.2 Å². The zero-order valence-electron chi connectivity index (χ0n) is 8.89. The van der Waals surface area contributed by atoms with Crippen LogP contribution < -0.4 is 5.73 Å². The summed E-state index contributed by atoms with van der Waals surface area (Å²) in [5.41, 5.74) is 7.07. The number of benzene rings is 1. The van der Waals surface area contributed by atoms with Crippen molar-refractivity contribution < 1.29 is 5.11 Å². The lowest BCUT2D eigenvalue weighted by molar-refractivity contribution is 0.260. The van der Waals surface area contributed by atoms with E-state index in [1.807, 2.05) is 6.07 Å². The zero-order valence-corrected chi connectivity index (χ0v) is 9.70. The van der Waals surface area contributed by atoms with E-state index in [-0.39, 0.29) is 24.2 Å². The van der Waals surface area contributed by atoms with E-state index in [2.05, 4.69) is 0 Å². The molecular weight excluding hydrogens is 224 g/mol. The van der Waals surface area contributed by atoms with E-state index in [9.17, 15) is 5.11 Å². The van der Waals surface area contributed by atoms with Crippen LogP contribution in [0.3, 0.4) is 0 Å². The quantitative estimate of drug-likeness (QED) is 0.832. The van der Waals surface area contributed by atoms with Gasteiger partial charge >= 0.3 is 0 Å². The third kappa shape index (κ3) is 2.13. The van der Waals surface area contributed by atoms with Crippen LogP contribution in [0.2, 0.25) is 0 Å². The average Bonchev–Trinajstić information content (AvgIpc) is 2.15. The second-order valence-electron chi connectivity index (χ2n) is 4.07. The van der Waals surface area contributed by atoms with Gasteiger partial charge in [0.25, 0.3) is 0 Å². The fourth-order valence-electron chi connectivity index (χ4n) is 1.97. The highest BCUT2D eigenvalue weighted by Gasteiger charge is 2.27. The minimum Gasteiger partial charge on any atom is -0.506 e. The van der Waals surface area contributed by atoms with Gasteiger partial charge in [-0.15, -0.1) is 12.4 Å². The fraction of sp³-hybridized carbons (Fsp3) is 0.417. The maximum atomic E-state index is 9.83. The molecule has 3 nitrogen and oxygen atoms in total. The number of aromatic hydroxyl groups is 1. The molecule has 0 bridgehead atoms. The Labute approximate surface area is 101 Å². The first kappa shape index (κ1) is 12.8. The van der Waals surface area contributed by atoms with E-state index in [4.69, 9.17) is 11.0 Å². The monoisotopic (exact) mass is 238 g/mol. The summed E-state index contributed by atoms with van der Waals surface area (Å²) in [5.74, 6) is 0.518. The normalized spacial score (nSPS) is 16.8. The van der Waals surface area contributed by atoms with Gasteiger partial charge in [0.15, 0.2) is 0 Å². The molecule has 0 saturated heterocycles. The van der Waals surface area contributed by atoms with Crippen LogP contribution in [-0.4, -0.2) is 5.11 Å². The zero-order chi connectivity index (χ0) is 10.8. The topological polar surface area (TPSA) is 70.0 Å². The molecule has 1 aliphatic rings. The Kier molecular flexibility index (Phi) is 4.17. The number of hydrogen-bond acceptors (Lipinski definition) is 3. The van der Waals surface area contributed by atoms with Gasteiger partial charge in [0.1, 0.15) is 11.8 Å². The van der Waals surface area contributed by atoms with Crippen LogP contribution in [0.1, 0.15) is 36.4 Å². The van der Waals surface area contributed by atoms with Crippen LogP contribution in [-0.2, 0) is 0 Å². The number of nitriles is 1. The lowest BCUT2D eigenvalue weighted by Crippen LogP contribution is -2.26. The second-order valence-corrected chi connectivity index (χ2v) is 4.07. The SMILES string of the molecule is Cl.N#Cc1cccc([C@H](N)C2CCC2)c1O. The lowest BCUT2D eigenvalue weighted by Gasteiger charge is -2.31. The van der Waals surface area contributed by atoms with Gasteiger partial charge in [0, 0.05) is 11.6 Å². The Balaban J connectivity index is 0.00000128. The van der Waals surface area contributed by atoms with Gasteiger partial charge in [0.2, 0.25) is 0 Å². The number of rotatable bonds is 2. The Bertz CT molecular complexity index is 410. The van der Waals surface area contributed by atoms with Crippen molar-refractivity contribution in [3.05, 3.63) is 29.3 Å². The molecule has 1 aliphatic carbocycles. The molecule has 16 heavy (non-hydrogen) atoms. The van der Waals surface area contributed by atoms with Crippen LogP contribution in [0.5, 0.6) is 5.75 Å². The highest BCUT2D eigenvalue weighted by atomic mass is 35.5. The van der Waals surface area contributed by atoms with E-state index >= 15 is 0 Å². The number of halogens is 1. The molecule has 0 spiro atoms. The number of nitrogens with zero attached hydrogens (tertiary/aromatic N) is 1. The summed E-state index contributed by atoms with van der Waals surface area (Å²) < 4.78 is 0. The van der Waals surface area contributed by atoms with Crippen LogP contribution in [0.25, 0.3) is 0 Å². The molecular formula is C12H15ClN2O. The molecule has 1 fully saturated rings. The van der Waals surface area contributed by atoms with Crippen molar-refractivity contribution in [2.75, 3.05) is 0 Å². The van der Waals surface area contributed by atoms with Gasteiger partial charge in [-0.05, 0) is 24.8 Å². The van der Waals surface area contributed by atoms with Gasteiger partial charge in [-0.3, -0.25) is 0 Å². The number of nitrogens with two attached hydrogens (primary N) is 1. The Morgan fingerprint density at radius 2 is 2.12 bits per heavy atom. The molecule has 0 aliphatic heterocycles. The van der Waals surface area contributed by atoms with Crippen molar-refractivity contribution in [3.8, 4) is 11.8 Å². The van der Waals surface area contributed by atoms with Gasteiger partial charge in [-0.25, -0.2) is 0 Å². The molecule has 86 valence electrons. The maximum Gasteiger partial charge on any atom is 0.138 e. The fourth-order valence-corrected chi connectivity index (χ4v) is 1.97. The molecule has 0 radical (unpaired) electrons. The van der Waals surface area contributed by atoms with E-state index in [1.54, 1.807) is 18.2 Å². The molecule has 1 aromatic carbocycles. The third-order valence-corrected chi connectivity index (χ3v) is 3.20. The molecule has 3 N–H and O–H groups in total. The van der Waals surface area contributed by atoms with E-state index in [0.29, 0.717) is 17.0 Å². The molecule has 1 saturated carbocycles. The predicted octanol–water partition coefficient (Wildman–Crippen LogP) is 2.49. The molecule has 1 atom stereocenters. The Hall–Kier alpha value is -1.24. The maximum absolute atomic E-state index is 9.83. The average molecular weight is 239 g/mol. The van der Waals surface area contributed by atoms with Crippen molar-refractivity contribution >= 4 is 12.4 Å². The Morgan fingerprint density at radius 1 is 1.44 bits per heavy atom. The molecule has 0 unspecified atom stereocenters. The molecule has 4 heteroatoms. The third-order valence-electron chi connectivity index (χ3n) is 3.20. The predicted molar refractivity (Wildman–Crippen MR) is 64.3 cm³/mol. The number of hydrogen-bond donors (Lipinski definition) is 2. The summed E-state index contributed by atoms with van der Waals surface area (Å²) in [6, 6.07) is 7.01.